The summed E-state index contributed by atoms with van der Waals surface area (Å²) in [5.41, 5.74) is 0. The third-order valence-corrected chi connectivity index (χ3v) is 4.08. The number of nitrogens with zero attached hydrogens (tertiary/aromatic N) is 1. The molecule has 17 heavy (non-hydrogen) atoms. The second kappa shape index (κ2) is 10.2. The molecule has 0 amide bonds. The number of rotatable bonds is 9. The molecule has 0 radical (unpaired) electrons. The second-order valence-corrected chi connectivity index (χ2v) is 5.91. The van der Waals surface area contributed by atoms with Crippen molar-refractivity contribution in [1.29, 1.82) is 0 Å². The Morgan fingerprint density at radius 1 is 1.41 bits per heavy atom. The molecule has 3 nitrogen and oxygen atoms in total. The lowest BCUT2D eigenvalue weighted by Crippen LogP contribution is -2.50. The zero-order valence-electron chi connectivity index (χ0n) is 11.4. The smallest absolute Gasteiger partial charge is 0.0634 e. The van der Waals surface area contributed by atoms with E-state index in [1.54, 1.807) is 0 Å². The molecule has 0 aromatic rings. The third kappa shape index (κ3) is 6.65. The van der Waals surface area contributed by atoms with Gasteiger partial charge in [0.05, 0.1) is 13.2 Å². The molecule has 0 aromatic carbocycles. The highest BCUT2D eigenvalue weighted by atomic mass is 32.2. The normalized spacial score (nSPS) is 21.9. The molecule has 1 unspecified atom stereocenters. The second-order valence-electron chi connectivity index (χ2n) is 4.52. The summed E-state index contributed by atoms with van der Waals surface area (Å²) >= 11 is 2.05. The van der Waals surface area contributed by atoms with Crippen LogP contribution >= 0.6 is 11.8 Å². The minimum atomic E-state index is 0.585. The van der Waals surface area contributed by atoms with E-state index in [1.807, 2.05) is 11.8 Å². The fraction of sp³-hybridized carbons (Fsp3) is 1.00. The first kappa shape index (κ1) is 15.3. The van der Waals surface area contributed by atoms with Crippen molar-refractivity contribution in [1.82, 2.24) is 10.2 Å². The highest BCUT2D eigenvalue weighted by Gasteiger charge is 2.21. The molecule has 0 aliphatic carbocycles. The van der Waals surface area contributed by atoms with E-state index >= 15 is 0 Å². The van der Waals surface area contributed by atoms with Crippen molar-refractivity contribution in [3.8, 4) is 0 Å². The predicted molar refractivity (Wildman–Crippen MR) is 77.0 cm³/mol. The molecule has 1 rings (SSSR count). The third-order valence-electron chi connectivity index (χ3n) is 3.09. The highest BCUT2D eigenvalue weighted by Crippen LogP contribution is 2.09. The lowest BCUT2D eigenvalue weighted by atomic mass is 10.2. The molecule has 1 fully saturated rings. The van der Waals surface area contributed by atoms with Crippen LogP contribution in [0.4, 0.5) is 0 Å². The first-order valence-corrected chi connectivity index (χ1v) is 8.14. The summed E-state index contributed by atoms with van der Waals surface area (Å²) in [7, 11) is 0. The molecular formula is C13H28N2OS. The van der Waals surface area contributed by atoms with Gasteiger partial charge in [-0.1, -0.05) is 13.8 Å². The summed E-state index contributed by atoms with van der Waals surface area (Å²) in [6.45, 7) is 10.8. The van der Waals surface area contributed by atoms with Crippen molar-refractivity contribution < 1.29 is 4.74 Å². The van der Waals surface area contributed by atoms with E-state index in [4.69, 9.17) is 4.74 Å². The van der Waals surface area contributed by atoms with Crippen molar-refractivity contribution in [3.05, 3.63) is 0 Å². The van der Waals surface area contributed by atoms with E-state index in [-0.39, 0.29) is 0 Å². The number of ether oxygens (including phenoxy) is 1. The van der Waals surface area contributed by atoms with Crippen LogP contribution < -0.4 is 5.32 Å². The average Bonchev–Trinajstić information content (AvgIpc) is 2.36. The van der Waals surface area contributed by atoms with Gasteiger partial charge in [0.2, 0.25) is 0 Å². The van der Waals surface area contributed by atoms with E-state index in [0.717, 1.165) is 32.8 Å². The van der Waals surface area contributed by atoms with Gasteiger partial charge >= 0.3 is 0 Å². The molecule has 1 saturated heterocycles. The number of hydrogen-bond acceptors (Lipinski definition) is 4. The van der Waals surface area contributed by atoms with Crippen molar-refractivity contribution in [2.24, 2.45) is 0 Å². The van der Waals surface area contributed by atoms with Gasteiger partial charge in [0, 0.05) is 19.1 Å². The van der Waals surface area contributed by atoms with Crippen LogP contribution in [0.5, 0.6) is 0 Å². The minimum Gasteiger partial charge on any atom is -0.378 e. The summed E-state index contributed by atoms with van der Waals surface area (Å²) in [4.78, 5) is 2.60. The molecule has 1 aliphatic heterocycles. The first-order valence-electron chi connectivity index (χ1n) is 6.98. The van der Waals surface area contributed by atoms with Crippen LogP contribution in [0, 0.1) is 0 Å². The molecule has 0 saturated carbocycles. The van der Waals surface area contributed by atoms with E-state index < -0.39 is 0 Å². The van der Waals surface area contributed by atoms with Gasteiger partial charge in [0.25, 0.3) is 0 Å². The summed E-state index contributed by atoms with van der Waals surface area (Å²) < 4.78 is 5.58. The van der Waals surface area contributed by atoms with Crippen LogP contribution in [0.2, 0.25) is 0 Å². The van der Waals surface area contributed by atoms with Gasteiger partial charge in [-0.05, 0) is 37.4 Å². The summed E-state index contributed by atoms with van der Waals surface area (Å²) in [6, 6.07) is 0.585. The predicted octanol–water partition coefficient (Wildman–Crippen LogP) is 1.83. The Labute approximate surface area is 111 Å². The molecule has 0 spiro atoms. The van der Waals surface area contributed by atoms with Crippen LogP contribution in [0.3, 0.4) is 0 Å². The minimum absolute atomic E-state index is 0.585. The Balaban J connectivity index is 2.17. The van der Waals surface area contributed by atoms with Gasteiger partial charge in [0.15, 0.2) is 0 Å². The molecule has 4 heteroatoms. The molecule has 1 N–H and O–H groups in total. The Kier molecular flexibility index (Phi) is 9.16. The van der Waals surface area contributed by atoms with Gasteiger partial charge in [0.1, 0.15) is 0 Å². The molecule has 0 bridgehead atoms. The SMILES string of the molecule is CCCNCC1COCCN1CCCSCC. The molecule has 1 aliphatic rings. The van der Waals surface area contributed by atoms with Crippen LogP contribution in [-0.4, -0.2) is 61.8 Å². The van der Waals surface area contributed by atoms with Crippen LogP contribution in [0.25, 0.3) is 0 Å². The maximum atomic E-state index is 5.58. The van der Waals surface area contributed by atoms with Crippen LogP contribution in [0.15, 0.2) is 0 Å². The van der Waals surface area contributed by atoms with E-state index in [0.29, 0.717) is 6.04 Å². The maximum absolute atomic E-state index is 5.58. The molecule has 1 atom stereocenters. The zero-order valence-corrected chi connectivity index (χ0v) is 12.2. The van der Waals surface area contributed by atoms with Gasteiger partial charge in [-0.2, -0.15) is 11.8 Å². The summed E-state index contributed by atoms with van der Waals surface area (Å²) in [5, 5.41) is 3.51. The summed E-state index contributed by atoms with van der Waals surface area (Å²) in [5.74, 6) is 2.54. The number of thioether (sulfide) groups is 1. The van der Waals surface area contributed by atoms with Crippen molar-refractivity contribution >= 4 is 11.8 Å². The van der Waals surface area contributed by atoms with E-state index in [1.165, 1.54) is 30.9 Å². The van der Waals surface area contributed by atoms with Crippen LogP contribution in [0.1, 0.15) is 26.7 Å². The van der Waals surface area contributed by atoms with Crippen molar-refractivity contribution in [2.45, 2.75) is 32.7 Å². The topological polar surface area (TPSA) is 24.5 Å². The Bertz CT molecular complexity index is 181. The summed E-state index contributed by atoms with van der Waals surface area (Å²) in [6.07, 6.45) is 2.52. The van der Waals surface area contributed by atoms with Crippen molar-refractivity contribution in [2.75, 3.05) is 50.9 Å². The van der Waals surface area contributed by atoms with Gasteiger partial charge in [-0.25, -0.2) is 0 Å². The fourth-order valence-electron chi connectivity index (χ4n) is 2.13. The fourth-order valence-corrected chi connectivity index (χ4v) is 2.75. The Morgan fingerprint density at radius 3 is 3.06 bits per heavy atom. The number of hydrogen-bond donors (Lipinski definition) is 1. The maximum Gasteiger partial charge on any atom is 0.0634 e. The quantitative estimate of drug-likeness (QED) is 0.639. The van der Waals surface area contributed by atoms with Gasteiger partial charge in [-0.3, -0.25) is 4.90 Å². The molecule has 102 valence electrons. The highest BCUT2D eigenvalue weighted by molar-refractivity contribution is 7.99. The molecule has 1 heterocycles. The van der Waals surface area contributed by atoms with Crippen LogP contribution in [-0.2, 0) is 4.74 Å². The van der Waals surface area contributed by atoms with Gasteiger partial charge in [-0.15, -0.1) is 0 Å². The Hall–Kier alpha value is 0.230. The van der Waals surface area contributed by atoms with E-state index in [9.17, 15) is 0 Å². The van der Waals surface area contributed by atoms with E-state index in [2.05, 4.69) is 24.1 Å². The lowest BCUT2D eigenvalue weighted by molar-refractivity contribution is -0.00641. The first-order chi connectivity index (χ1) is 8.38. The molecular weight excluding hydrogens is 232 g/mol. The monoisotopic (exact) mass is 260 g/mol. The van der Waals surface area contributed by atoms with Crippen molar-refractivity contribution in [3.63, 3.8) is 0 Å². The Morgan fingerprint density at radius 2 is 2.29 bits per heavy atom. The lowest BCUT2D eigenvalue weighted by Gasteiger charge is -2.35. The average molecular weight is 260 g/mol. The standard InChI is InChI=1S/C13H28N2OS/c1-3-6-14-11-13-12-16-9-8-15(13)7-5-10-17-4-2/h13-14H,3-12H2,1-2H3. The van der Waals surface area contributed by atoms with Gasteiger partial charge < -0.3 is 10.1 Å². The zero-order chi connectivity index (χ0) is 12.3. The number of nitrogens with one attached hydrogen (secondary N) is 1. The molecule has 0 aromatic heterocycles. The largest absolute Gasteiger partial charge is 0.378 e. The number of morpholine rings is 1.